The van der Waals surface area contributed by atoms with Gasteiger partial charge in [0.25, 0.3) is 0 Å². The van der Waals surface area contributed by atoms with Gasteiger partial charge in [-0.1, -0.05) is 151 Å². The van der Waals surface area contributed by atoms with E-state index in [-0.39, 0.29) is 12.3 Å². The van der Waals surface area contributed by atoms with Gasteiger partial charge >= 0.3 is 0 Å². The SMILES string of the molecule is N#Cc1ccc(-c2ccc(C3=NC(c4ccc5c(c4)-c4ccccc4C54c5ccccc5Sc5ccccc54)NC(c4ccccc4)N3)cc2)cc1. The van der Waals surface area contributed by atoms with Crippen molar-refractivity contribution in [2.75, 3.05) is 0 Å². The van der Waals surface area contributed by atoms with Gasteiger partial charge in [-0.25, -0.2) is 4.99 Å². The molecule has 7 aromatic carbocycles. The van der Waals surface area contributed by atoms with Crippen molar-refractivity contribution >= 4 is 17.6 Å². The Morgan fingerprint density at radius 2 is 1.12 bits per heavy atom. The first-order valence-corrected chi connectivity index (χ1v) is 18.4. The molecule has 0 bridgehead atoms. The summed E-state index contributed by atoms with van der Waals surface area (Å²) in [6.07, 6.45) is -0.423. The third-order valence-corrected chi connectivity index (χ3v) is 11.8. The molecule has 52 heavy (non-hydrogen) atoms. The van der Waals surface area contributed by atoms with Crippen LogP contribution < -0.4 is 10.6 Å². The number of aliphatic imine (C=N–C) groups is 1. The standard InChI is InChI=1S/C47H32N4S/c48-29-30-18-20-31(21-19-30)32-22-24-34(25-23-32)45-49-44(33-10-2-1-3-11-33)50-46(51-45)35-26-27-39-37(28-35)36-12-4-5-13-38(36)47(39)40-14-6-8-16-42(40)52-43-17-9-7-15-41(43)47/h1-28,44,46,50H,(H,49,51). The monoisotopic (exact) mass is 684 g/mol. The third kappa shape index (κ3) is 4.76. The fraction of sp³-hybridized carbons (Fsp3) is 0.0638. The molecule has 0 fully saturated rings. The number of rotatable bonds is 4. The molecule has 2 heterocycles. The molecular weight excluding hydrogens is 653 g/mol. The minimum absolute atomic E-state index is 0.141. The molecule has 0 saturated carbocycles. The zero-order chi connectivity index (χ0) is 34.6. The quantitative estimate of drug-likeness (QED) is 0.194. The molecule has 2 N–H and O–H groups in total. The van der Waals surface area contributed by atoms with Crippen molar-refractivity contribution in [3.63, 3.8) is 0 Å². The summed E-state index contributed by atoms with van der Waals surface area (Å²) in [5, 5.41) is 16.7. The predicted octanol–water partition coefficient (Wildman–Crippen LogP) is 10.4. The van der Waals surface area contributed by atoms with Gasteiger partial charge in [-0.3, -0.25) is 5.32 Å². The minimum Gasteiger partial charge on any atom is -0.350 e. The molecule has 10 rings (SSSR count). The van der Waals surface area contributed by atoms with Crippen LogP contribution in [0.3, 0.4) is 0 Å². The summed E-state index contributed by atoms with van der Waals surface area (Å²) in [5.41, 5.74) is 13.5. The molecule has 7 aromatic rings. The van der Waals surface area contributed by atoms with Crippen molar-refractivity contribution in [1.29, 1.82) is 5.26 Å². The van der Waals surface area contributed by atoms with E-state index in [0.717, 1.165) is 33.7 Å². The predicted molar refractivity (Wildman–Crippen MR) is 209 cm³/mol. The number of fused-ring (bicyclic) bond motifs is 9. The Labute approximate surface area is 307 Å². The molecule has 0 amide bonds. The lowest BCUT2D eigenvalue weighted by atomic mass is 9.67. The highest BCUT2D eigenvalue weighted by atomic mass is 32.2. The molecule has 3 aliphatic rings. The lowest BCUT2D eigenvalue weighted by molar-refractivity contribution is 0.409. The highest BCUT2D eigenvalue weighted by Gasteiger charge is 2.50. The maximum atomic E-state index is 9.23. The summed E-state index contributed by atoms with van der Waals surface area (Å²) in [6.45, 7) is 0. The van der Waals surface area contributed by atoms with Crippen LogP contribution in [0.15, 0.2) is 185 Å². The summed E-state index contributed by atoms with van der Waals surface area (Å²) in [5.74, 6) is 0.841. The molecule has 1 spiro atoms. The first kappa shape index (κ1) is 30.6. The van der Waals surface area contributed by atoms with Gasteiger partial charge in [0.15, 0.2) is 0 Å². The second-order valence-electron chi connectivity index (χ2n) is 13.5. The van der Waals surface area contributed by atoms with Gasteiger partial charge in [0, 0.05) is 15.4 Å². The van der Waals surface area contributed by atoms with Crippen LogP contribution in [0, 0.1) is 11.3 Å². The van der Waals surface area contributed by atoms with E-state index in [4.69, 9.17) is 4.99 Å². The van der Waals surface area contributed by atoms with Crippen LogP contribution in [0.5, 0.6) is 0 Å². The van der Waals surface area contributed by atoms with Crippen molar-refractivity contribution in [3.8, 4) is 28.3 Å². The fourth-order valence-corrected chi connectivity index (χ4v) is 9.49. The smallest absolute Gasteiger partial charge is 0.131 e. The van der Waals surface area contributed by atoms with Crippen LogP contribution in [0.2, 0.25) is 0 Å². The summed E-state index contributed by atoms with van der Waals surface area (Å²) >= 11 is 1.87. The molecule has 0 aromatic heterocycles. The van der Waals surface area contributed by atoms with Gasteiger partial charge in [0.1, 0.15) is 18.2 Å². The van der Waals surface area contributed by atoms with Crippen LogP contribution >= 0.6 is 11.8 Å². The Hall–Kier alpha value is -6.19. The van der Waals surface area contributed by atoms with Crippen LogP contribution in [-0.4, -0.2) is 5.84 Å². The number of nitriles is 1. The van der Waals surface area contributed by atoms with E-state index in [0.29, 0.717) is 5.56 Å². The van der Waals surface area contributed by atoms with Gasteiger partial charge in [-0.05, 0) is 86.0 Å². The number of hydrogen-bond acceptors (Lipinski definition) is 5. The van der Waals surface area contributed by atoms with E-state index >= 15 is 0 Å². The summed E-state index contributed by atoms with van der Waals surface area (Å²) < 4.78 is 0. The molecule has 2 unspecified atom stereocenters. The van der Waals surface area contributed by atoms with E-state index in [2.05, 4.69) is 162 Å². The molecule has 4 nitrogen and oxygen atoms in total. The maximum Gasteiger partial charge on any atom is 0.131 e. The average Bonchev–Trinajstić information content (AvgIpc) is 3.51. The van der Waals surface area contributed by atoms with E-state index in [1.165, 1.54) is 43.2 Å². The number of nitrogens with one attached hydrogen (secondary N) is 2. The molecule has 0 saturated heterocycles. The lowest BCUT2D eigenvalue weighted by Crippen LogP contribution is -2.45. The van der Waals surface area contributed by atoms with Gasteiger partial charge in [-0.2, -0.15) is 5.26 Å². The van der Waals surface area contributed by atoms with Gasteiger partial charge < -0.3 is 5.32 Å². The number of benzene rings is 7. The van der Waals surface area contributed by atoms with Crippen molar-refractivity contribution < 1.29 is 0 Å². The lowest BCUT2D eigenvalue weighted by Gasteiger charge is -2.39. The summed E-state index contributed by atoms with van der Waals surface area (Å²) in [6, 6.07) is 62.7. The fourth-order valence-electron chi connectivity index (χ4n) is 8.30. The second kappa shape index (κ2) is 12.2. The molecule has 2 aliphatic heterocycles. The third-order valence-electron chi connectivity index (χ3n) is 10.7. The van der Waals surface area contributed by atoms with E-state index < -0.39 is 5.41 Å². The van der Waals surface area contributed by atoms with Gasteiger partial charge in [0.05, 0.1) is 17.0 Å². The van der Waals surface area contributed by atoms with Crippen molar-refractivity contribution in [3.05, 3.63) is 214 Å². The molecule has 2 atom stereocenters. The van der Waals surface area contributed by atoms with Crippen molar-refractivity contribution in [1.82, 2.24) is 10.6 Å². The first-order valence-electron chi connectivity index (χ1n) is 17.6. The molecule has 1 aliphatic carbocycles. The Bertz CT molecular complexity index is 2520. The molecule has 246 valence electrons. The van der Waals surface area contributed by atoms with Crippen LogP contribution in [0.4, 0.5) is 0 Å². The number of hydrogen-bond donors (Lipinski definition) is 2. The second-order valence-corrected chi connectivity index (χ2v) is 14.6. The highest BCUT2D eigenvalue weighted by Crippen LogP contribution is 2.62. The maximum absolute atomic E-state index is 9.23. The van der Waals surface area contributed by atoms with E-state index in [9.17, 15) is 5.26 Å². The normalized spacial score (nSPS) is 17.5. The first-order chi connectivity index (χ1) is 25.7. The Morgan fingerprint density at radius 1 is 0.538 bits per heavy atom. The summed E-state index contributed by atoms with van der Waals surface area (Å²) in [4.78, 5) is 7.94. The van der Waals surface area contributed by atoms with Gasteiger partial charge in [-0.15, -0.1) is 0 Å². The number of amidine groups is 1. The average molecular weight is 685 g/mol. The molecule has 5 heteroatoms. The van der Waals surface area contributed by atoms with Gasteiger partial charge in [0.2, 0.25) is 0 Å². The van der Waals surface area contributed by atoms with Crippen LogP contribution in [-0.2, 0) is 5.41 Å². The Morgan fingerprint density at radius 3 is 1.81 bits per heavy atom. The number of nitrogens with zero attached hydrogens (tertiary/aromatic N) is 2. The van der Waals surface area contributed by atoms with Crippen molar-refractivity contribution in [2.24, 2.45) is 4.99 Å². The summed E-state index contributed by atoms with van der Waals surface area (Å²) in [7, 11) is 0. The van der Waals surface area contributed by atoms with Crippen molar-refractivity contribution in [2.45, 2.75) is 27.5 Å². The minimum atomic E-state index is -0.401. The molecular formula is C47H32N4S. The molecule has 0 radical (unpaired) electrons. The Kier molecular flexibility index (Phi) is 7.21. The highest BCUT2D eigenvalue weighted by molar-refractivity contribution is 7.99. The topological polar surface area (TPSA) is 60.2 Å². The van der Waals surface area contributed by atoms with Crippen LogP contribution in [0.1, 0.15) is 56.8 Å². The van der Waals surface area contributed by atoms with E-state index in [1.807, 2.05) is 36.0 Å². The Balaban J connectivity index is 1.10. The zero-order valence-corrected chi connectivity index (χ0v) is 28.9. The van der Waals surface area contributed by atoms with Crippen LogP contribution in [0.25, 0.3) is 22.3 Å². The van der Waals surface area contributed by atoms with E-state index in [1.54, 1.807) is 0 Å². The zero-order valence-electron chi connectivity index (χ0n) is 28.1. The largest absolute Gasteiger partial charge is 0.350 e.